The van der Waals surface area contributed by atoms with Gasteiger partial charge in [0.15, 0.2) is 18.2 Å². The number of nitrogens with one attached hydrogen (secondary N) is 1. The molecule has 1 unspecified atom stereocenters. The van der Waals surface area contributed by atoms with Crippen molar-refractivity contribution in [2.45, 2.75) is 26.1 Å². The summed E-state index contributed by atoms with van der Waals surface area (Å²) in [6.45, 7) is 4.01. The van der Waals surface area contributed by atoms with Crippen LogP contribution in [0.25, 0.3) is 11.5 Å². The summed E-state index contributed by atoms with van der Waals surface area (Å²) in [5, 5.41) is 6.80. The van der Waals surface area contributed by atoms with Crippen LogP contribution in [0, 0.1) is 4.84 Å². The fourth-order valence-electron chi connectivity index (χ4n) is 3.55. The normalized spacial score (nSPS) is 18.9. The molecular weight excluding hydrogens is 382 g/mol. The van der Waals surface area contributed by atoms with E-state index >= 15 is 0 Å². The highest BCUT2D eigenvalue weighted by atomic mass is 32.1. The van der Waals surface area contributed by atoms with Crippen molar-refractivity contribution in [2.75, 3.05) is 20.8 Å². The minimum absolute atomic E-state index is 0.385. The summed E-state index contributed by atoms with van der Waals surface area (Å²) >= 11 is 7.27. The Kier molecular flexibility index (Phi) is 5.03. The van der Waals surface area contributed by atoms with Crippen LogP contribution in [0.3, 0.4) is 0 Å². The molecule has 0 radical (unpaired) electrons. The number of methoxy groups -OCH3 is 2. The number of quaternary nitrogens is 1. The second kappa shape index (κ2) is 7.46. The fraction of sp³-hybridized carbons (Fsp3) is 0.368. The quantitative estimate of drug-likeness (QED) is 0.662. The molecular formula is C19H22N3O3S2+. The lowest BCUT2D eigenvalue weighted by atomic mass is 10.0. The number of thiophene rings is 1. The van der Waals surface area contributed by atoms with Crippen molar-refractivity contribution in [2.24, 2.45) is 0 Å². The van der Waals surface area contributed by atoms with Gasteiger partial charge in [0, 0.05) is 22.4 Å². The summed E-state index contributed by atoms with van der Waals surface area (Å²) in [6.07, 6.45) is 1.10. The molecule has 1 aliphatic heterocycles. The Bertz CT molecular complexity index is 1010. The Labute approximate surface area is 166 Å². The summed E-state index contributed by atoms with van der Waals surface area (Å²) in [7, 11) is 3.22. The molecule has 2 aromatic heterocycles. The average molecular weight is 405 g/mol. The van der Waals surface area contributed by atoms with Crippen molar-refractivity contribution in [1.82, 2.24) is 9.78 Å². The number of hydrogen-bond donors (Lipinski definition) is 1. The van der Waals surface area contributed by atoms with Gasteiger partial charge in [0.2, 0.25) is 5.89 Å². The van der Waals surface area contributed by atoms with Gasteiger partial charge in [-0.1, -0.05) is 0 Å². The molecule has 1 N–H and O–H groups in total. The smallest absolute Gasteiger partial charge is 0.292 e. The van der Waals surface area contributed by atoms with Crippen molar-refractivity contribution >= 4 is 23.6 Å². The van der Waals surface area contributed by atoms with E-state index < -0.39 is 0 Å². The third-order valence-electron chi connectivity index (χ3n) is 5.12. The third kappa shape index (κ3) is 3.40. The maximum atomic E-state index is 5.76. The zero-order chi connectivity index (χ0) is 19.0. The average Bonchev–Trinajstić information content (AvgIpc) is 3.31. The van der Waals surface area contributed by atoms with Gasteiger partial charge < -0.3 is 18.8 Å². The van der Waals surface area contributed by atoms with Gasteiger partial charge in [-0.15, -0.1) is 16.4 Å². The van der Waals surface area contributed by atoms with Crippen LogP contribution in [0.2, 0.25) is 0 Å². The van der Waals surface area contributed by atoms with Crippen LogP contribution in [0.15, 0.2) is 34.1 Å². The van der Waals surface area contributed by atoms with Gasteiger partial charge in [-0.2, -0.15) is 4.68 Å². The van der Waals surface area contributed by atoms with Crippen molar-refractivity contribution < 1.29 is 18.8 Å². The fourth-order valence-corrected chi connectivity index (χ4v) is 4.71. The first-order valence-corrected chi connectivity index (χ1v) is 10.1. The summed E-state index contributed by atoms with van der Waals surface area (Å²) in [6, 6.07) is 8.23. The van der Waals surface area contributed by atoms with E-state index in [0.29, 0.717) is 34.9 Å². The molecule has 8 heteroatoms. The topological polar surface area (TPSA) is 53.9 Å². The van der Waals surface area contributed by atoms with E-state index in [9.17, 15) is 0 Å². The number of nitrogens with zero attached hydrogens (tertiary/aromatic N) is 2. The van der Waals surface area contributed by atoms with Crippen LogP contribution < -0.4 is 14.4 Å². The SMILES string of the molecule is COc1ccc(-c2nn(C[NH+]3CCc4sccc4[C@H]3C)c(=S)o2)cc1OC. The first-order chi connectivity index (χ1) is 13.1. The van der Waals surface area contributed by atoms with Gasteiger partial charge in [0.25, 0.3) is 4.84 Å². The minimum Gasteiger partial charge on any atom is -0.493 e. The molecule has 142 valence electrons. The first-order valence-electron chi connectivity index (χ1n) is 8.82. The highest BCUT2D eigenvalue weighted by Crippen LogP contribution is 2.31. The standard InChI is InChI=1S/C19H21N3O3S2/c1-12-14-7-9-27-17(14)6-8-21(12)11-22-19(26)25-18(20-22)13-4-5-15(23-2)16(10-13)24-3/h4-5,7,9-10,12H,6,8,11H2,1-3H3/p+1/t12-/m1/s1. The predicted molar refractivity (Wildman–Crippen MR) is 106 cm³/mol. The minimum atomic E-state index is 0.385. The van der Waals surface area contributed by atoms with Crippen molar-refractivity contribution in [3.05, 3.63) is 44.9 Å². The Morgan fingerprint density at radius 2 is 2.11 bits per heavy atom. The molecule has 0 bridgehead atoms. The molecule has 1 aromatic carbocycles. The molecule has 0 saturated carbocycles. The maximum Gasteiger partial charge on any atom is 0.292 e. The van der Waals surface area contributed by atoms with Crippen LogP contribution in [0.5, 0.6) is 11.5 Å². The third-order valence-corrected chi connectivity index (χ3v) is 6.41. The molecule has 0 amide bonds. The number of benzene rings is 1. The van der Waals surface area contributed by atoms with Gasteiger partial charge in [-0.05, 0) is 48.8 Å². The van der Waals surface area contributed by atoms with E-state index in [1.54, 1.807) is 18.9 Å². The van der Waals surface area contributed by atoms with Crippen molar-refractivity contribution in [3.8, 4) is 23.0 Å². The molecule has 0 aliphatic carbocycles. The molecule has 3 aromatic rings. The van der Waals surface area contributed by atoms with E-state index in [-0.39, 0.29) is 0 Å². The van der Waals surface area contributed by atoms with Gasteiger partial charge in [-0.25, -0.2) is 0 Å². The summed E-state index contributed by atoms with van der Waals surface area (Å²) in [4.78, 5) is 3.32. The van der Waals surface area contributed by atoms with E-state index in [4.69, 9.17) is 26.1 Å². The summed E-state index contributed by atoms with van der Waals surface area (Å²) < 4.78 is 18.2. The van der Waals surface area contributed by atoms with Crippen LogP contribution in [-0.4, -0.2) is 30.5 Å². The van der Waals surface area contributed by atoms with Crippen LogP contribution >= 0.6 is 23.6 Å². The van der Waals surface area contributed by atoms with E-state index in [1.165, 1.54) is 15.3 Å². The second-order valence-electron chi connectivity index (χ2n) is 6.58. The number of hydrogen-bond acceptors (Lipinski definition) is 6. The first kappa shape index (κ1) is 18.2. The molecule has 6 nitrogen and oxygen atoms in total. The van der Waals surface area contributed by atoms with Crippen LogP contribution in [0.4, 0.5) is 0 Å². The van der Waals surface area contributed by atoms with E-state index in [1.807, 2.05) is 29.5 Å². The summed E-state index contributed by atoms with van der Waals surface area (Å²) in [5.74, 6) is 1.78. The number of ether oxygens (including phenoxy) is 2. The molecule has 1 aliphatic rings. The molecule has 27 heavy (non-hydrogen) atoms. The van der Waals surface area contributed by atoms with Gasteiger partial charge in [0.05, 0.1) is 20.8 Å². The highest BCUT2D eigenvalue weighted by Gasteiger charge is 2.29. The van der Waals surface area contributed by atoms with Crippen LogP contribution in [0.1, 0.15) is 23.4 Å². The Morgan fingerprint density at radius 1 is 1.30 bits per heavy atom. The molecule has 0 fully saturated rings. The van der Waals surface area contributed by atoms with Crippen molar-refractivity contribution in [1.29, 1.82) is 0 Å². The van der Waals surface area contributed by atoms with E-state index in [0.717, 1.165) is 18.5 Å². The second-order valence-corrected chi connectivity index (χ2v) is 7.93. The van der Waals surface area contributed by atoms with Crippen LogP contribution in [-0.2, 0) is 13.1 Å². The Hall–Kier alpha value is -2.16. The number of aromatic nitrogens is 2. The number of rotatable bonds is 5. The Balaban J connectivity index is 1.58. The zero-order valence-corrected chi connectivity index (χ0v) is 17.2. The molecule has 0 saturated heterocycles. The largest absolute Gasteiger partial charge is 0.493 e. The van der Waals surface area contributed by atoms with E-state index in [2.05, 4.69) is 23.5 Å². The lowest BCUT2D eigenvalue weighted by Crippen LogP contribution is -3.12. The lowest BCUT2D eigenvalue weighted by Gasteiger charge is -2.29. The Morgan fingerprint density at radius 3 is 2.89 bits per heavy atom. The molecule has 4 rings (SSSR count). The summed E-state index contributed by atoms with van der Waals surface area (Å²) in [5.41, 5.74) is 2.25. The van der Waals surface area contributed by atoms with Gasteiger partial charge in [-0.3, -0.25) is 0 Å². The number of fused-ring (bicyclic) bond motifs is 1. The zero-order valence-electron chi connectivity index (χ0n) is 15.5. The highest BCUT2D eigenvalue weighted by molar-refractivity contribution is 7.71. The predicted octanol–water partition coefficient (Wildman–Crippen LogP) is 3.11. The monoisotopic (exact) mass is 404 g/mol. The molecule has 2 atom stereocenters. The maximum absolute atomic E-state index is 5.76. The molecule has 3 heterocycles. The lowest BCUT2D eigenvalue weighted by molar-refractivity contribution is -0.954. The van der Waals surface area contributed by atoms with Crippen molar-refractivity contribution in [3.63, 3.8) is 0 Å². The molecule has 0 spiro atoms. The van der Waals surface area contributed by atoms with Gasteiger partial charge in [0.1, 0.15) is 6.04 Å². The van der Waals surface area contributed by atoms with Gasteiger partial charge >= 0.3 is 0 Å².